The van der Waals surface area contributed by atoms with E-state index in [4.69, 9.17) is 4.74 Å². The second kappa shape index (κ2) is 11.4. The highest BCUT2D eigenvalue weighted by molar-refractivity contribution is 4.51. The first-order chi connectivity index (χ1) is 7.63. The third-order valence-electron chi connectivity index (χ3n) is 2.63. The Bertz CT molecular complexity index is 119. The molecule has 0 fully saturated rings. The average molecular weight is 229 g/mol. The largest absolute Gasteiger partial charge is 0.380 e. The summed E-state index contributed by atoms with van der Waals surface area (Å²) in [6.45, 7) is 13.0. The van der Waals surface area contributed by atoms with E-state index in [1.165, 1.54) is 25.7 Å². The highest BCUT2D eigenvalue weighted by atomic mass is 16.5. The van der Waals surface area contributed by atoms with Gasteiger partial charge in [0.15, 0.2) is 0 Å². The van der Waals surface area contributed by atoms with E-state index in [9.17, 15) is 0 Å². The number of hydrogen-bond acceptors (Lipinski definition) is 2. The Morgan fingerprint density at radius 2 is 1.44 bits per heavy atom. The van der Waals surface area contributed by atoms with Gasteiger partial charge >= 0.3 is 0 Å². The lowest BCUT2D eigenvalue weighted by Gasteiger charge is -2.08. The Kier molecular flexibility index (Phi) is 11.3. The van der Waals surface area contributed by atoms with Crippen LogP contribution in [0.25, 0.3) is 0 Å². The molecule has 0 amide bonds. The second-order valence-corrected chi connectivity index (χ2v) is 5.43. The molecule has 2 nitrogen and oxygen atoms in total. The quantitative estimate of drug-likeness (QED) is 0.548. The molecule has 1 N–H and O–H groups in total. The van der Waals surface area contributed by atoms with Crippen LogP contribution in [0.4, 0.5) is 0 Å². The highest BCUT2D eigenvalue weighted by Gasteiger charge is 1.95. The van der Waals surface area contributed by atoms with E-state index in [2.05, 4.69) is 33.0 Å². The molecule has 0 unspecified atom stereocenters. The van der Waals surface area contributed by atoms with E-state index in [1.807, 2.05) is 0 Å². The van der Waals surface area contributed by atoms with Crippen LogP contribution in [-0.2, 0) is 4.74 Å². The van der Waals surface area contributed by atoms with E-state index < -0.39 is 0 Å². The molecule has 0 bridgehead atoms. The van der Waals surface area contributed by atoms with Gasteiger partial charge in [0, 0.05) is 13.2 Å². The maximum absolute atomic E-state index is 5.55. The molecule has 0 aliphatic rings. The van der Waals surface area contributed by atoms with E-state index >= 15 is 0 Å². The van der Waals surface area contributed by atoms with Gasteiger partial charge in [0.25, 0.3) is 0 Å². The van der Waals surface area contributed by atoms with Crippen molar-refractivity contribution >= 4 is 0 Å². The summed E-state index contributed by atoms with van der Waals surface area (Å²) in [6, 6.07) is 0. The maximum atomic E-state index is 5.55. The van der Waals surface area contributed by atoms with Gasteiger partial charge in [-0.2, -0.15) is 0 Å². The molecule has 98 valence electrons. The van der Waals surface area contributed by atoms with Crippen molar-refractivity contribution < 1.29 is 4.74 Å². The maximum Gasteiger partial charge on any atom is 0.0590 e. The van der Waals surface area contributed by atoms with Crippen molar-refractivity contribution in [2.75, 3.05) is 26.3 Å². The average Bonchev–Trinajstić information content (AvgIpc) is 2.20. The lowest BCUT2D eigenvalue weighted by atomic mass is 10.1. The van der Waals surface area contributed by atoms with Crippen molar-refractivity contribution in [1.29, 1.82) is 0 Å². The van der Waals surface area contributed by atoms with Gasteiger partial charge < -0.3 is 10.1 Å². The molecule has 0 heterocycles. The first kappa shape index (κ1) is 15.9. The summed E-state index contributed by atoms with van der Waals surface area (Å²) in [7, 11) is 0. The first-order valence-electron chi connectivity index (χ1n) is 6.91. The molecule has 0 aromatic rings. The van der Waals surface area contributed by atoms with Gasteiger partial charge in [-0.05, 0) is 44.1 Å². The standard InChI is InChI=1S/C14H31NO/c1-13(2)7-5-9-15-10-12-16-11-6-8-14(3)4/h13-15H,5-12H2,1-4H3. The number of hydrogen-bond donors (Lipinski definition) is 1. The van der Waals surface area contributed by atoms with Gasteiger partial charge in [-0.15, -0.1) is 0 Å². The van der Waals surface area contributed by atoms with Crippen LogP contribution in [0.2, 0.25) is 0 Å². The van der Waals surface area contributed by atoms with Crippen LogP contribution in [0.3, 0.4) is 0 Å². The molecular weight excluding hydrogens is 198 g/mol. The molecule has 2 heteroatoms. The van der Waals surface area contributed by atoms with Gasteiger partial charge in [0.1, 0.15) is 0 Å². The number of ether oxygens (including phenoxy) is 1. The predicted octanol–water partition coefficient (Wildman–Crippen LogP) is 3.47. The second-order valence-electron chi connectivity index (χ2n) is 5.43. The summed E-state index contributed by atoms with van der Waals surface area (Å²) in [6.07, 6.45) is 5.08. The minimum Gasteiger partial charge on any atom is -0.380 e. The molecule has 0 atom stereocenters. The topological polar surface area (TPSA) is 21.3 Å². The fourth-order valence-corrected chi connectivity index (χ4v) is 1.60. The monoisotopic (exact) mass is 229 g/mol. The Labute approximate surface area is 102 Å². The molecular formula is C14H31NO. The lowest BCUT2D eigenvalue weighted by Crippen LogP contribution is -2.21. The van der Waals surface area contributed by atoms with E-state index in [1.54, 1.807) is 0 Å². The van der Waals surface area contributed by atoms with Crippen LogP contribution in [0.5, 0.6) is 0 Å². The number of rotatable bonds is 11. The van der Waals surface area contributed by atoms with E-state index in [0.717, 1.165) is 38.1 Å². The van der Waals surface area contributed by atoms with Crippen molar-refractivity contribution in [3.8, 4) is 0 Å². The summed E-state index contributed by atoms with van der Waals surface area (Å²) in [5.74, 6) is 1.63. The zero-order valence-corrected chi connectivity index (χ0v) is 11.7. The third-order valence-corrected chi connectivity index (χ3v) is 2.63. The molecule has 0 aliphatic heterocycles. The molecule has 0 radical (unpaired) electrons. The fraction of sp³-hybridized carbons (Fsp3) is 1.00. The van der Waals surface area contributed by atoms with Crippen molar-refractivity contribution in [2.45, 2.75) is 53.4 Å². The summed E-state index contributed by atoms with van der Waals surface area (Å²) in [5, 5.41) is 3.42. The van der Waals surface area contributed by atoms with Gasteiger partial charge in [0.2, 0.25) is 0 Å². The molecule has 0 saturated carbocycles. The van der Waals surface area contributed by atoms with Crippen LogP contribution in [0.1, 0.15) is 53.4 Å². The van der Waals surface area contributed by atoms with E-state index in [-0.39, 0.29) is 0 Å². The molecule has 16 heavy (non-hydrogen) atoms. The number of nitrogens with one attached hydrogen (secondary N) is 1. The van der Waals surface area contributed by atoms with E-state index in [0.29, 0.717) is 0 Å². The van der Waals surface area contributed by atoms with Crippen LogP contribution < -0.4 is 5.32 Å². The first-order valence-corrected chi connectivity index (χ1v) is 6.91. The SMILES string of the molecule is CC(C)CCCNCCOCCCC(C)C. The summed E-state index contributed by atoms with van der Waals surface area (Å²) in [5.41, 5.74) is 0. The molecule has 0 aromatic carbocycles. The minimum atomic E-state index is 0.803. The highest BCUT2D eigenvalue weighted by Crippen LogP contribution is 2.03. The van der Waals surface area contributed by atoms with Crippen LogP contribution in [0, 0.1) is 11.8 Å². The zero-order chi connectivity index (χ0) is 12.2. The van der Waals surface area contributed by atoms with Crippen molar-refractivity contribution in [1.82, 2.24) is 5.32 Å². The van der Waals surface area contributed by atoms with Gasteiger partial charge in [-0.3, -0.25) is 0 Å². The zero-order valence-electron chi connectivity index (χ0n) is 11.7. The molecule has 0 spiro atoms. The third kappa shape index (κ3) is 13.9. The normalized spacial score (nSPS) is 11.6. The minimum absolute atomic E-state index is 0.803. The smallest absolute Gasteiger partial charge is 0.0590 e. The van der Waals surface area contributed by atoms with Crippen molar-refractivity contribution in [2.24, 2.45) is 11.8 Å². The van der Waals surface area contributed by atoms with Crippen LogP contribution >= 0.6 is 0 Å². The predicted molar refractivity (Wildman–Crippen MR) is 71.8 cm³/mol. The molecule has 0 aliphatic carbocycles. The molecule has 0 rings (SSSR count). The van der Waals surface area contributed by atoms with Gasteiger partial charge in [0.05, 0.1) is 6.61 Å². The summed E-state index contributed by atoms with van der Waals surface area (Å²) >= 11 is 0. The summed E-state index contributed by atoms with van der Waals surface area (Å²) in [4.78, 5) is 0. The van der Waals surface area contributed by atoms with Crippen LogP contribution in [-0.4, -0.2) is 26.3 Å². The summed E-state index contributed by atoms with van der Waals surface area (Å²) < 4.78 is 5.55. The Morgan fingerprint density at radius 3 is 2.06 bits per heavy atom. The Hall–Kier alpha value is -0.0800. The van der Waals surface area contributed by atoms with Gasteiger partial charge in [-0.25, -0.2) is 0 Å². The van der Waals surface area contributed by atoms with Gasteiger partial charge in [-0.1, -0.05) is 27.7 Å². The Morgan fingerprint density at radius 1 is 0.812 bits per heavy atom. The van der Waals surface area contributed by atoms with Crippen molar-refractivity contribution in [3.05, 3.63) is 0 Å². The Balaban J connectivity index is 2.93. The van der Waals surface area contributed by atoms with Crippen LogP contribution in [0.15, 0.2) is 0 Å². The fourth-order valence-electron chi connectivity index (χ4n) is 1.60. The molecule has 0 aromatic heterocycles. The van der Waals surface area contributed by atoms with Crippen molar-refractivity contribution in [3.63, 3.8) is 0 Å². The molecule has 0 saturated heterocycles. The lowest BCUT2D eigenvalue weighted by molar-refractivity contribution is 0.129.